The molecule has 0 aromatic rings. The fraction of sp³-hybridized carbons (Fsp3) is 0.556. The minimum atomic E-state index is -0.900. The highest BCUT2D eigenvalue weighted by molar-refractivity contribution is 5.87. The average molecular weight is 185 g/mol. The van der Waals surface area contributed by atoms with Gasteiger partial charge < -0.3 is 10.0 Å². The molecule has 0 aromatic heterocycles. The third kappa shape index (κ3) is 4.30. The Morgan fingerprint density at radius 2 is 2.08 bits per heavy atom. The second-order valence-electron chi connectivity index (χ2n) is 2.97. The third-order valence-corrected chi connectivity index (χ3v) is 1.65. The number of hydrogen-bond acceptors (Lipinski definition) is 2. The largest absolute Gasteiger partial charge is 0.481 e. The van der Waals surface area contributed by atoms with Gasteiger partial charge in [0.15, 0.2) is 0 Å². The van der Waals surface area contributed by atoms with Crippen molar-refractivity contribution in [3.8, 4) is 0 Å². The van der Waals surface area contributed by atoms with E-state index in [1.165, 1.54) is 11.0 Å². The minimum absolute atomic E-state index is 0.00449. The van der Waals surface area contributed by atoms with E-state index in [2.05, 4.69) is 6.58 Å². The van der Waals surface area contributed by atoms with E-state index in [9.17, 15) is 9.59 Å². The maximum atomic E-state index is 11.2. The molecule has 0 heterocycles. The van der Waals surface area contributed by atoms with Gasteiger partial charge in [-0.05, 0) is 19.9 Å². The van der Waals surface area contributed by atoms with E-state index < -0.39 is 5.97 Å². The maximum absolute atomic E-state index is 11.2. The van der Waals surface area contributed by atoms with Crippen molar-refractivity contribution in [3.05, 3.63) is 12.7 Å². The van der Waals surface area contributed by atoms with E-state index in [1.54, 1.807) is 0 Å². The predicted molar refractivity (Wildman–Crippen MR) is 49.3 cm³/mol. The van der Waals surface area contributed by atoms with Crippen LogP contribution in [0.5, 0.6) is 0 Å². The van der Waals surface area contributed by atoms with Gasteiger partial charge in [-0.2, -0.15) is 0 Å². The van der Waals surface area contributed by atoms with Crippen molar-refractivity contribution in [2.24, 2.45) is 0 Å². The first-order chi connectivity index (χ1) is 5.99. The molecule has 4 heteroatoms. The van der Waals surface area contributed by atoms with E-state index in [0.29, 0.717) is 0 Å². The molecule has 0 fully saturated rings. The van der Waals surface area contributed by atoms with Crippen molar-refractivity contribution >= 4 is 11.9 Å². The first-order valence-electron chi connectivity index (χ1n) is 4.14. The van der Waals surface area contributed by atoms with Gasteiger partial charge in [0.2, 0.25) is 5.91 Å². The quantitative estimate of drug-likeness (QED) is 0.647. The van der Waals surface area contributed by atoms with Crippen molar-refractivity contribution in [1.82, 2.24) is 4.90 Å². The van der Waals surface area contributed by atoms with Crippen LogP contribution in [0.4, 0.5) is 0 Å². The maximum Gasteiger partial charge on any atom is 0.305 e. The summed E-state index contributed by atoms with van der Waals surface area (Å²) in [5, 5.41) is 8.43. The van der Waals surface area contributed by atoms with E-state index in [0.717, 1.165) is 0 Å². The van der Waals surface area contributed by atoms with Crippen LogP contribution in [0.15, 0.2) is 12.7 Å². The summed E-state index contributed by atoms with van der Waals surface area (Å²) >= 11 is 0. The first-order valence-corrected chi connectivity index (χ1v) is 4.14. The van der Waals surface area contributed by atoms with Gasteiger partial charge >= 0.3 is 5.97 Å². The molecule has 0 aromatic carbocycles. The van der Waals surface area contributed by atoms with Gasteiger partial charge in [0, 0.05) is 12.6 Å². The van der Waals surface area contributed by atoms with Crippen molar-refractivity contribution in [1.29, 1.82) is 0 Å². The predicted octanol–water partition coefficient (Wildman–Crippen LogP) is 0.884. The summed E-state index contributed by atoms with van der Waals surface area (Å²) in [4.78, 5) is 22.9. The van der Waals surface area contributed by atoms with Crippen molar-refractivity contribution < 1.29 is 14.7 Å². The first kappa shape index (κ1) is 11.7. The number of amides is 1. The summed E-state index contributed by atoms with van der Waals surface area (Å²) in [6, 6.07) is 0.00449. The lowest BCUT2D eigenvalue weighted by molar-refractivity contribution is -0.138. The normalized spacial score (nSPS) is 9.77. The Kier molecular flexibility index (Phi) is 4.80. The van der Waals surface area contributed by atoms with Crippen LogP contribution in [0, 0.1) is 0 Å². The van der Waals surface area contributed by atoms with Gasteiger partial charge in [0.1, 0.15) is 0 Å². The van der Waals surface area contributed by atoms with Crippen LogP contribution in [0.25, 0.3) is 0 Å². The molecule has 0 aliphatic heterocycles. The lowest BCUT2D eigenvalue weighted by Gasteiger charge is -2.24. The highest BCUT2D eigenvalue weighted by Crippen LogP contribution is 2.01. The second kappa shape index (κ2) is 5.35. The SMILES string of the molecule is C=CC(=O)N(CCC(=O)O)C(C)C. The van der Waals surface area contributed by atoms with Crippen LogP contribution in [0.1, 0.15) is 20.3 Å². The van der Waals surface area contributed by atoms with Crippen molar-refractivity contribution in [3.63, 3.8) is 0 Å². The number of aliphatic carboxylic acids is 1. The smallest absolute Gasteiger partial charge is 0.305 e. The minimum Gasteiger partial charge on any atom is -0.481 e. The number of carbonyl (C=O) groups is 2. The molecule has 0 rings (SSSR count). The lowest BCUT2D eigenvalue weighted by atomic mass is 10.2. The Hall–Kier alpha value is -1.32. The molecule has 1 N–H and O–H groups in total. The number of carboxylic acid groups (broad SMARTS) is 1. The molecule has 0 bridgehead atoms. The van der Waals surface area contributed by atoms with Crippen molar-refractivity contribution in [2.45, 2.75) is 26.3 Å². The van der Waals surface area contributed by atoms with Crippen molar-refractivity contribution in [2.75, 3.05) is 6.54 Å². The Bertz CT molecular complexity index is 211. The number of rotatable bonds is 5. The third-order valence-electron chi connectivity index (χ3n) is 1.65. The summed E-state index contributed by atoms with van der Waals surface area (Å²) < 4.78 is 0. The number of nitrogens with zero attached hydrogens (tertiary/aromatic N) is 1. The zero-order chi connectivity index (χ0) is 10.4. The summed E-state index contributed by atoms with van der Waals surface area (Å²) in [6.07, 6.45) is 1.17. The number of carboxylic acids is 1. The fourth-order valence-electron chi connectivity index (χ4n) is 0.956. The van der Waals surface area contributed by atoms with Gasteiger partial charge in [-0.25, -0.2) is 0 Å². The highest BCUT2D eigenvalue weighted by atomic mass is 16.4. The van der Waals surface area contributed by atoms with E-state index >= 15 is 0 Å². The molecule has 4 nitrogen and oxygen atoms in total. The molecule has 0 atom stereocenters. The van der Waals surface area contributed by atoms with Crippen LogP contribution in [-0.2, 0) is 9.59 Å². The molecule has 0 saturated heterocycles. The van der Waals surface area contributed by atoms with E-state index in [4.69, 9.17) is 5.11 Å². The monoisotopic (exact) mass is 185 g/mol. The van der Waals surface area contributed by atoms with Gasteiger partial charge in [-0.15, -0.1) is 0 Å². The molecule has 0 aliphatic rings. The fourth-order valence-corrected chi connectivity index (χ4v) is 0.956. The zero-order valence-electron chi connectivity index (χ0n) is 7.99. The average Bonchev–Trinajstić information content (AvgIpc) is 2.03. The Morgan fingerprint density at radius 3 is 2.38 bits per heavy atom. The molecular formula is C9H15NO3. The lowest BCUT2D eigenvalue weighted by Crippen LogP contribution is -2.37. The Labute approximate surface area is 77.8 Å². The summed E-state index contributed by atoms with van der Waals surface area (Å²) in [5.41, 5.74) is 0. The van der Waals surface area contributed by atoms with Crippen LogP contribution < -0.4 is 0 Å². The van der Waals surface area contributed by atoms with Crippen LogP contribution in [0.3, 0.4) is 0 Å². The van der Waals surface area contributed by atoms with Gasteiger partial charge in [-0.3, -0.25) is 9.59 Å². The van der Waals surface area contributed by atoms with Gasteiger partial charge in [0.05, 0.1) is 6.42 Å². The molecule has 13 heavy (non-hydrogen) atoms. The molecule has 0 unspecified atom stereocenters. The molecule has 0 saturated carbocycles. The van der Waals surface area contributed by atoms with Gasteiger partial charge in [-0.1, -0.05) is 6.58 Å². The highest BCUT2D eigenvalue weighted by Gasteiger charge is 2.14. The number of carbonyl (C=O) groups excluding carboxylic acids is 1. The zero-order valence-corrected chi connectivity index (χ0v) is 7.99. The Balaban J connectivity index is 4.18. The Morgan fingerprint density at radius 1 is 1.54 bits per heavy atom. The van der Waals surface area contributed by atoms with Crippen LogP contribution in [0.2, 0.25) is 0 Å². The summed E-state index contributed by atoms with van der Waals surface area (Å²) in [5.74, 6) is -1.13. The second-order valence-corrected chi connectivity index (χ2v) is 2.97. The topological polar surface area (TPSA) is 57.6 Å². The van der Waals surface area contributed by atoms with E-state index in [1.807, 2.05) is 13.8 Å². The van der Waals surface area contributed by atoms with Crippen LogP contribution >= 0.6 is 0 Å². The number of hydrogen-bond donors (Lipinski definition) is 1. The standard InChI is InChI=1S/C9H15NO3/c1-4-8(11)10(7(2)3)6-5-9(12)13/h4,7H,1,5-6H2,2-3H3,(H,12,13). The molecule has 0 aliphatic carbocycles. The molecular weight excluding hydrogens is 170 g/mol. The molecule has 74 valence electrons. The molecule has 0 spiro atoms. The van der Waals surface area contributed by atoms with E-state index in [-0.39, 0.29) is 24.9 Å². The summed E-state index contributed by atoms with van der Waals surface area (Å²) in [6.45, 7) is 7.26. The summed E-state index contributed by atoms with van der Waals surface area (Å²) in [7, 11) is 0. The van der Waals surface area contributed by atoms with Gasteiger partial charge in [0.25, 0.3) is 0 Å². The molecule has 1 amide bonds. The molecule has 0 radical (unpaired) electrons. The van der Waals surface area contributed by atoms with Crippen LogP contribution in [-0.4, -0.2) is 34.5 Å².